The Labute approximate surface area is 178 Å². The molecule has 0 aromatic heterocycles. The third-order valence-corrected chi connectivity index (χ3v) is 5.33. The van der Waals surface area contributed by atoms with Crippen LogP contribution in [-0.4, -0.2) is 18.0 Å². The van der Waals surface area contributed by atoms with Crippen molar-refractivity contribution in [3.63, 3.8) is 0 Å². The molecule has 1 heterocycles. The van der Waals surface area contributed by atoms with E-state index < -0.39 is 17.7 Å². The zero-order chi connectivity index (χ0) is 21.5. The molecule has 3 aromatic rings. The summed E-state index contributed by atoms with van der Waals surface area (Å²) in [5.41, 5.74) is 8.35. The highest BCUT2D eigenvalue weighted by molar-refractivity contribution is 9.10. The number of benzene rings is 3. The number of rotatable bonds is 3. The van der Waals surface area contributed by atoms with E-state index in [9.17, 15) is 18.0 Å². The summed E-state index contributed by atoms with van der Waals surface area (Å²) in [4.78, 5) is 15.9. The maximum Gasteiger partial charge on any atom is 0.491 e. The van der Waals surface area contributed by atoms with E-state index >= 15 is 0 Å². The maximum absolute atomic E-state index is 12.5. The van der Waals surface area contributed by atoms with E-state index in [1.165, 1.54) is 12.1 Å². The molecule has 0 saturated carbocycles. The predicted octanol–water partition coefficient (Wildman–Crippen LogP) is 4.93. The first-order valence-corrected chi connectivity index (χ1v) is 9.62. The minimum absolute atomic E-state index is 0.214. The Morgan fingerprint density at radius 3 is 2.33 bits per heavy atom. The van der Waals surface area contributed by atoms with Crippen LogP contribution in [0, 0.1) is 0 Å². The van der Waals surface area contributed by atoms with Crippen molar-refractivity contribution in [1.29, 1.82) is 0 Å². The van der Waals surface area contributed by atoms with Crippen LogP contribution < -0.4 is 10.5 Å². The van der Waals surface area contributed by atoms with Gasteiger partial charge in [-0.25, -0.2) is 9.79 Å². The van der Waals surface area contributed by atoms with Crippen molar-refractivity contribution < 1.29 is 22.7 Å². The van der Waals surface area contributed by atoms with Crippen LogP contribution in [0.1, 0.15) is 22.3 Å². The highest BCUT2D eigenvalue weighted by Gasteiger charge is 2.43. The minimum atomic E-state index is -5.07. The standard InChI is InChI=1S/C22H14BrF3N2O2/c23-15-5-3-4-14(12-15)21(18-7-2-1-6-17(18)19(27)28-21)13-8-10-16(11-9-13)30-20(29)22(24,25)26/h1-12H,(H2,27,28). The number of aliphatic imine (C=N–C) groups is 1. The van der Waals surface area contributed by atoms with Gasteiger partial charge in [0.15, 0.2) is 0 Å². The third-order valence-electron chi connectivity index (χ3n) is 4.84. The van der Waals surface area contributed by atoms with E-state index in [4.69, 9.17) is 10.7 Å². The maximum atomic E-state index is 12.5. The lowest BCUT2D eigenvalue weighted by molar-refractivity contribution is -0.189. The highest BCUT2D eigenvalue weighted by atomic mass is 79.9. The summed E-state index contributed by atoms with van der Waals surface area (Å²) in [5.74, 6) is -2.13. The lowest BCUT2D eigenvalue weighted by Crippen LogP contribution is -2.28. The number of nitrogens with two attached hydrogens (primary N) is 1. The summed E-state index contributed by atoms with van der Waals surface area (Å²) in [6.07, 6.45) is -5.07. The van der Waals surface area contributed by atoms with Gasteiger partial charge in [-0.2, -0.15) is 13.2 Å². The van der Waals surface area contributed by atoms with Gasteiger partial charge in [0, 0.05) is 10.0 Å². The van der Waals surface area contributed by atoms with Gasteiger partial charge in [-0.15, -0.1) is 0 Å². The molecule has 2 N–H and O–H groups in total. The van der Waals surface area contributed by atoms with Gasteiger partial charge in [-0.3, -0.25) is 0 Å². The summed E-state index contributed by atoms with van der Waals surface area (Å²) >= 11 is 3.47. The van der Waals surface area contributed by atoms with Crippen molar-refractivity contribution in [2.24, 2.45) is 10.7 Å². The molecule has 0 amide bonds. The number of ether oxygens (including phenoxy) is 1. The average molecular weight is 475 g/mol. The number of esters is 1. The molecule has 1 aliphatic rings. The molecule has 4 nitrogen and oxygen atoms in total. The van der Waals surface area contributed by atoms with Gasteiger partial charge in [0.25, 0.3) is 0 Å². The van der Waals surface area contributed by atoms with Crippen LogP contribution in [0.15, 0.2) is 82.3 Å². The number of carbonyl (C=O) groups excluding carboxylic acids is 1. The highest BCUT2D eigenvalue weighted by Crippen LogP contribution is 2.46. The summed E-state index contributed by atoms with van der Waals surface area (Å²) in [7, 11) is 0. The molecule has 0 spiro atoms. The van der Waals surface area contributed by atoms with Crippen molar-refractivity contribution >= 4 is 27.7 Å². The smallest absolute Gasteiger partial charge is 0.420 e. The zero-order valence-electron chi connectivity index (χ0n) is 15.3. The minimum Gasteiger partial charge on any atom is -0.420 e. The summed E-state index contributed by atoms with van der Waals surface area (Å²) in [6.45, 7) is 0. The number of fused-ring (bicyclic) bond motifs is 1. The van der Waals surface area contributed by atoms with Gasteiger partial charge in [0.05, 0.1) is 0 Å². The number of hydrogen-bond acceptors (Lipinski definition) is 4. The molecule has 0 bridgehead atoms. The lowest BCUT2D eigenvalue weighted by Gasteiger charge is -2.29. The molecule has 8 heteroatoms. The normalized spacial score (nSPS) is 17.9. The Morgan fingerprint density at radius 2 is 1.67 bits per heavy atom. The Balaban J connectivity index is 1.85. The molecule has 4 rings (SSSR count). The second kappa shape index (κ2) is 7.28. The van der Waals surface area contributed by atoms with Crippen molar-refractivity contribution in [2.75, 3.05) is 0 Å². The molecule has 30 heavy (non-hydrogen) atoms. The summed E-state index contributed by atoms with van der Waals surface area (Å²) in [6, 6.07) is 20.9. The topological polar surface area (TPSA) is 64.7 Å². The van der Waals surface area contributed by atoms with E-state index in [1.54, 1.807) is 12.1 Å². The average Bonchev–Trinajstić information content (AvgIpc) is 3.02. The third kappa shape index (κ3) is 3.37. The Hall–Kier alpha value is -3.13. The molecule has 1 unspecified atom stereocenters. The Morgan fingerprint density at radius 1 is 0.967 bits per heavy atom. The lowest BCUT2D eigenvalue weighted by atomic mass is 9.77. The molecule has 0 radical (unpaired) electrons. The fourth-order valence-electron chi connectivity index (χ4n) is 3.57. The number of alkyl halides is 3. The van der Waals surface area contributed by atoms with Gasteiger partial charge >= 0.3 is 12.1 Å². The van der Waals surface area contributed by atoms with Gasteiger partial charge in [-0.1, -0.05) is 64.5 Å². The number of amidine groups is 1. The largest absolute Gasteiger partial charge is 0.491 e. The molecular weight excluding hydrogens is 461 g/mol. The van der Waals surface area contributed by atoms with Gasteiger partial charge < -0.3 is 10.5 Å². The fraction of sp³-hybridized carbons (Fsp3) is 0.0909. The van der Waals surface area contributed by atoms with Crippen LogP contribution in [0.3, 0.4) is 0 Å². The fourth-order valence-corrected chi connectivity index (χ4v) is 3.97. The zero-order valence-corrected chi connectivity index (χ0v) is 16.9. The second-order valence-corrected chi connectivity index (χ2v) is 7.59. The second-order valence-electron chi connectivity index (χ2n) is 6.68. The summed E-state index contributed by atoms with van der Waals surface area (Å²) < 4.78 is 42.7. The molecular formula is C22H14BrF3N2O2. The van der Waals surface area contributed by atoms with E-state index in [2.05, 4.69) is 20.7 Å². The number of carbonyl (C=O) groups is 1. The molecule has 152 valence electrons. The number of hydrogen-bond donors (Lipinski definition) is 1. The van der Waals surface area contributed by atoms with E-state index in [-0.39, 0.29) is 5.75 Å². The van der Waals surface area contributed by atoms with E-state index in [0.29, 0.717) is 11.4 Å². The van der Waals surface area contributed by atoms with Crippen LogP contribution >= 0.6 is 15.9 Å². The van der Waals surface area contributed by atoms with Crippen LogP contribution in [-0.2, 0) is 10.3 Å². The SMILES string of the molecule is NC1=NC(c2ccc(OC(=O)C(F)(F)F)cc2)(c2cccc(Br)c2)c2ccccc21. The first-order valence-electron chi connectivity index (χ1n) is 8.82. The first kappa shape index (κ1) is 20.2. The quantitative estimate of drug-likeness (QED) is 0.432. The van der Waals surface area contributed by atoms with E-state index in [1.807, 2.05) is 48.5 Å². The Kier molecular flexibility index (Phi) is 4.89. The van der Waals surface area contributed by atoms with Crippen molar-refractivity contribution in [3.05, 3.63) is 99.5 Å². The predicted molar refractivity (Wildman–Crippen MR) is 109 cm³/mol. The first-order chi connectivity index (χ1) is 14.2. The van der Waals surface area contributed by atoms with Crippen molar-refractivity contribution in [3.8, 4) is 5.75 Å². The van der Waals surface area contributed by atoms with Gasteiger partial charge in [-0.05, 0) is 41.0 Å². The van der Waals surface area contributed by atoms with Gasteiger partial charge in [0.1, 0.15) is 17.1 Å². The summed E-state index contributed by atoms with van der Waals surface area (Å²) in [5, 5.41) is 0. The molecule has 1 aliphatic heterocycles. The van der Waals surface area contributed by atoms with Crippen LogP contribution in [0.25, 0.3) is 0 Å². The molecule has 0 fully saturated rings. The van der Waals surface area contributed by atoms with Crippen LogP contribution in [0.5, 0.6) is 5.75 Å². The monoisotopic (exact) mass is 474 g/mol. The van der Waals surface area contributed by atoms with Crippen LogP contribution in [0.4, 0.5) is 13.2 Å². The number of halogens is 4. The molecule has 3 aromatic carbocycles. The Bertz CT molecular complexity index is 1160. The molecule has 1 atom stereocenters. The van der Waals surface area contributed by atoms with Crippen molar-refractivity contribution in [1.82, 2.24) is 0 Å². The number of nitrogens with zero attached hydrogens (tertiary/aromatic N) is 1. The van der Waals surface area contributed by atoms with Crippen LogP contribution in [0.2, 0.25) is 0 Å². The molecule has 0 saturated heterocycles. The van der Waals surface area contributed by atoms with E-state index in [0.717, 1.165) is 21.2 Å². The van der Waals surface area contributed by atoms with Gasteiger partial charge in [0.2, 0.25) is 0 Å². The van der Waals surface area contributed by atoms with Crippen molar-refractivity contribution in [2.45, 2.75) is 11.7 Å². The molecule has 0 aliphatic carbocycles.